The first-order valence-corrected chi connectivity index (χ1v) is 7.98. The maximum Gasteiger partial charge on any atom is 0.365 e. The molecule has 0 aliphatic rings. The maximum absolute atomic E-state index is 12.0. The summed E-state index contributed by atoms with van der Waals surface area (Å²) in [5.41, 5.74) is 3.58. The van der Waals surface area contributed by atoms with Crippen LogP contribution in [0.1, 0.15) is 68.2 Å². The molecule has 130 valence electrons. The molecular formula is C17H34NO4+. The lowest BCUT2D eigenvalue weighted by molar-refractivity contribution is -0.410. The molecule has 0 saturated carbocycles. The topological polar surface area (TPSA) is 80.2 Å². The van der Waals surface area contributed by atoms with Crippen molar-refractivity contribution in [2.24, 2.45) is 10.8 Å². The van der Waals surface area contributed by atoms with Gasteiger partial charge in [0.1, 0.15) is 12.2 Å². The van der Waals surface area contributed by atoms with Gasteiger partial charge >= 0.3 is 11.9 Å². The Hall–Kier alpha value is -1.10. The SMILES string of the molecule is C[C@H](OC(=O)CC[C@H]([NH3+])C(=O)O[C@@H](C)C(C)(C)C)C(C)(C)C. The first kappa shape index (κ1) is 20.9. The van der Waals surface area contributed by atoms with Crippen molar-refractivity contribution in [2.45, 2.75) is 86.5 Å². The molecule has 5 nitrogen and oxygen atoms in total. The Labute approximate surface area is 134 Å². The van der Waals surface area contributed by atoms with Gasteiger partial charge in [-0.1, -0.05) is 41.5 Å². The average molecular weight is 316 g/mol. The summed E-state index contributed by atoms with van der Waals surface area (Å²) < 4.78 is 10.8. The fraction of sp³-hybridized carbons (Fsp3) is 0.882. The molecular weight excluding hydrogens is 282 g/mol. The highest BCUT2D eigenvalue weighted by Gasteiger charge is 2.29. The summed E-state index contributed by atoms with van der Waals surface area (Å²) in [6, 6.07) is -0.553. The second kappa shape index (κ2) is 7.95. The molecule has 0 bridgehead atoms. The van der Waals surface area contributed by atoms with Gasteiger partial charge in [-0.15, -0.1) is 0 Å². The molecule has 5 heteroatoms. The number of carbonyl (C=O) groups is 2. The zero-order valence-electron chi connectivity index (χ0n) is 15.5. The van der Waals surface area contributed by atoms with Crippen LogP contribution < -0.4 is 5.73 Å². The van der Waals surface area contributed by atoms with Gasteiger partial charge in [0.25, 0.3) is 0 Å². The summed E-state index contributed by atoms with van der Waals surface area (Å²) >= 11 is 0. The van der Waals surface area contributed by atoms with Crippen LogP contribution in [-0.2, 0) is 19.1 Å². The Morgan fingerprint density at radius 3 is 1.73 bits per heavy atom. The second-order valence-corrected chi connectivity index (χ2v) is 8.18. The van der Waals surface area contributed by atoms with Crippen molar-refractivity contribution >= 4 is 11.9 Å². The highest BCUT2D eigenvalue weighted by atomic mass is 16.5. The number of esters is 2. The minimum atomic E-state index is -0.553. The molecule has 0 fully saturated rings. The largest absolute Gasteiger partial charge is 0.462 e. The zero-order valence-corrected chi connectivity index (χ0v) is 15.5. The number of rotatable bonds is 6. The summed E-state index contributed by atoms with van der Waals surface area (Å²) in [5, 5.41) is 0. The van der Waals surface area contributed by atoms with Crippen LogP contribution in [0.5, 0.6) is 0 Å². The van der Waals surface area contributed by atoms with E-state index in [9.17, 15) is 9.59 Å². The summed E-state index contributed by atoms with van der Waals surface area (Å²) in [6.07, 6.45) is 0.146. The third kappa shape index (κ3) is 7.78. The van der Waals surface area contributed by atoms with E-state index < -0.39 is 6.04 Å². The number of carbonyl (C=O) groups excluding carboxylic acids is 2. The molecule has 0 aromatic rings. The minimum Gasteiger partial charge on any atom is -0.462 e. The molecule has 0 radical (unpaired) electrons. The summed E-state index contributed by atoms with van der Waals surface area (Å²) in [7, 11) is 0. The second-order valence-electron chi connectivity index (χ2n) is 8.18. The Morgan fingerprint density at radius 2 is 1.32 bits per heavy atom. The Bertz CT molecular complexity index is 379. The third-order valence-electron chi connectivity index (χ3n) is 4.07. The number of ether oxygens (including phenoxy) is 2. The van der Waals surface area contributed by atoms with Crippen LogP contribution in [-0.4, -0.2) is 30.2 Å². The van der Waals surface area contributed by atoms with E-state index in [1.165, 1.54) is 0 Å². The van der Waals surface area contributed by atoms with Gasteiger partial charge in [0.15, 0.2) is 6.04 Å². The molecule has 0 aliphatic heterocycles. The normalized spacial score (nSPS) is 16.6. The number of hydrogen-bond acceptors (Lipinski definition) is 4. The summed E-state index contributed by atoms with van der Waals surface area (Å²) in [4.78, 5) is 23.8. The van der Waals surface area contributed by atoms with Gasteiger partial charge in [0, 0.05) is 6.42 Å². The van der Waals surface area contributed by atoms with Crippen molar-refractivity contribution in [1.29, 1.82) is 0 Å². The lowest BCUT2D eigenvalue weighted by Crippen LogP contribution is -2.65. The van der Waals surface area contributed by atoms with E-state index in [-0.39, 0.29) is 41.4 Å². The summed E-state index contributed by atoms with van der Waals surface area (Å²) in [5.74, 6) is -0.660. The Morgan fingerprint density at radius 1 is 0.909 bits per heavy atom. The number of quaternary nitrogens is 1. The van der Waals surface area contributed by atoms with E-state index in [2.05, 4.69) is 5.73 Å². The third-order valence-corrected chi connectivity index (χ3v) is 4.07. The lowest BCUT2D eigenvalue weighted by atomic mass is 9.90. The van der Waals surface area contributed by atoms with Gasteiger partial charge in [0.2, 0.25) is 0 Å². The highest BCUT2D eigenvalue weighted by Crippen LogP contribution is 2.23. The van der Waals surface area contributed by atoms with Crippen LogP contribution in [0.25, 0.3) is 0 Å². The minimum absolute atomic E-state index is 0.0966. The van der Waals surface area contributed by atoms with Crippen LogP contribution in [0, 0.1) is 10.8 Å². The van der Waals surface area contributed by atoms with E-state index in [1.54, 1.807) is 0 Å². The van der Waals surface area contributed by atoms with Crippen molar-refractivity contribution in [3.63, 3.8) is 0 Å². The molecule has 0 saturated heterocycles. The Kier molecular flexibility index (Phi) is 7.55. The van der Waals surface area contributed by atoms with E-state index in [0.29, 0.717) is 6.42 Å². The van der Waals surface area contributed by atoms with Crippen LogP contribution in [0.2, 0.25) is 0 Å². The molecule has 0 aliphatic carbocycles. The Balaban J connectivity index is 4.25. The van der Waals surface area contributed by atoms with Gasteiger partial charge in [-0.05, 0) is 24.7 Å². The summed E-state index contributed by atoms with van der Waals surface area (Å²) in [6.45, 7) is 15.8. The van der Waals surface area contributed by atoms with Gasteiger partial charge in [0.05, 0.1) is 6.42 Å². The molecule has 0 spiro atoms. The van der Waals surface area contributed by atoms with E-state index >= 15 is 0 Å². The van der Waals surface area contributed by atoms with E-state index in [1.807, 2.05) is 55.4 Å². The predicted molar refractivity (Wildman–Crippen MR) is 85.9 cm³/mol. The average Bonchev–Trinajstić information content (AvgIpc) is 2.33. The smallest absolute Gasteiger partial charge is 0.365 e. The highest BCUT2D eigenvalue weighted by molar-refractivity contribution is 5.76. The van der Waals surface area contributed by atoms with Crippen molar-refractivity contribution < 1.29 is 24.8 Å². The first-order chi connectivity index (χ1) is 9.75. The predicted octanol–water partition coefficient (Wildman–Crippen LogP) is 2.33. The molecule has 0 aromatic carbocycles. The molecule has 0 aromatic heterocycles. The molecule has 0 unspecified atom stereocenters. The molecule has 3 atom stereocenters. The van der Waals surface area contributed by atoms with Crippen LogP contribution in [0.15, 0.2) is 0 Å². The van der Waals surface area contributed by atoms with E-state index in [0.717, 1.165) is 0 Å². The van der Waals surface area contributed by atoms with Crippen molar-refractivity contribution in [1.82, 2.24) is 0 Å². The molecule has 0 rings (SSSR count). The van der Waals surface area contributed by atoms with Gasteiger partial charge in [-0.25, -0.2) is 4.79 Å². The molecule has 0 heterocycles. The first-order valence-electron chi connectivity index (χ1n) is 7.98. The quantitative estimate of drug-likeness (QED) is 0.763. The molecule has 0 amide bonds. The zero-order chi connectivity index (χ0) is 17.7. The van der Waals surface area contributed by atoms with Gasteiger partial charge in [-0.2, -0.15) is 0 Å². The number of hydrogen-bond donors (Lipinski definition) is 1. The van der Waals surface area contributed by atoms with Crippen LogP contribution in [0.4, 0.5) is 0 Å². The van der Waals surface area contributed by atoms with E-state index in [4.69, 9.17) is 9.47 Å². The van der Waals surface area contributed by atoms with Crippen molar-refractivity contribution in [3.8, 4) is 0 Å². The fourth-order valence-corrected chi connectivity index (χ4v) is 1.29. The van der Waals surface area contributed by atoms with Gasteiger partial charge in [-0.3, -0.25) is 4.79 Å². The maximum atomic E-state index is 12.0. The molecule has 22 heavy (non-hydrogen) atoms. The van der Waals surface area contributed by atoms with Crippen molar-refractivity contribution in [2.75, 3.05) is 0 Å². The monoisotopic (exact) mass is 316 g/mol. The van der Waals surface area contributed by atoms with Gasteiger partial charge < -0.3 is 15.2 Å². The van der Waals surface area contributed by atoms with Crippen LogP contribution in [0.3, 0.4) is 0 Å². The van der Waals surface area contributed by atoms with Crippen LogP contribution >= 0.6 is 0 Å². The van der Waals surface area contributed by atoms with Crippen molar-refractivity contribution in [3.05, 3.63) is 0 Å². The fourth-order valence-electron chi connectivity index (χ4n) is 1.29. The lowest BCUT2D eigenvalue weighted by Gasteiger charge is -2.27. The molecule has 3 N–H and O–H groups in total. The standard InChI is InChI=1S/C17H33NO4/c1-11(16(3,4)5)21-14(19)10-9-13(18)15(20)22-12(2)17(6,7)8/h11-13H,9-10,18H2,1-8H3/p+1/t11-,12-,13-/m0/s1.